The number of hydrogen-bond donors (Lipinski definition) is 6. The van der Waals surface area contributed by atoms with E-state index in [0.29, 0.717) is 13.0 Å². The predicted octanol–water partition coefficient (Wildman–Crippen LogP) is 4.19. The first-order valence-electron chi connectivity index (χ1n) is 15.2. The van der Waals surface area contributed by atoms with E-state index in [1.165, 1.54) is 103 Å². The summed E-state index contributed by atoms with van der Waals surface area (Å²) in [5, 5.41) is 41.5. The molecule has 6 N–H and O–H groups in total. The van der Waals surface area contributed by atoms with Gasteiger partial charge in [0, 0.05) is 6.54 Å². The molecule has 0 rings (SSSR count). The average molecular weight is 584 g/mol. The Hall–Kier alpha value is -0.820. The van der Waals surface area contributed by atoms with Gasteiger partial charge < -0.3 is 25.7 Å². The Kier molecular flexibility index (Phi) is 24.4. The SMILES string of the molecule is CCCCCCCCCCCCCCCCCCCCCCNC(=O)[C@H](O)[C@@H](O)[C@H](O)[C@H](O)COS(=O)(=O)O. The van der Waals surface area contributed by atoms with Crippen molar-refractivity contribution in [2.45, 2.75) is 160 Å². The second kappa shape index (κ2) is 24.9. The third-order valence-corrected chi connectivity index (χ3v) is 7.49. The predicted molar refractivity (Wildman–Crippen MR) is 153 cm³/mol. The fourth-order valence-corrected chi connectivity index (χ4v) is 4.83. The molecular weight excluding hydrogens is 526 g/mol. The minimum absolute atomic E-state index is 0.298. The van der Waals surface area contributed by atoms with Crippen molar-refractivity contribution in [3.05, 3.63) is 0 Å². The van der Waals surface area contributed by atoms with Crippen LogP contribution < -0.4 is 5.32 Å². The van der Waals surface area contributed by atoms with E-state index in [2.05, 4.69) is 16.4 Å². The standard InChI is InChI=1S/C28H57NO9S/c1-2-3-4-5-6-7-8-9-10-11-12-13-14-15-16-17-18-19-20-21-22-29-28(34)27(33)26(32)25(31)24(30)23-38-39(35,36)37/h24-27,30-33H,2-23H2,1H3,(H,29,34)(H,35,36,37)/t24-,25-,26+,27-/m1/s1. The van der Waals surface area contributed by atoms with E-state index in [1.807, 2.05) is 0 Å². The van der Waals surface area contributed by atoms with Gasteiger partial charge in [-0.3, -0.25) is 9.35 Å². The molecule has 0 fully saturated rings. The number of nitrogens with one attached hydrogen (secondary N) is 1. The molecule has 0 heterocycles. The summed E-state index contributed by atoms with van der Waals surface area (Å²) >= 11 is 0. The Labute approximate surface area is 236 Å². The van der Waals surface area contributed by atoms with Crippen molar-refractivity contribution in [3.63, 3.8) is 0 Å². The highest BCUT2D eigenvalue weighted by atomic mass is 32.3. The van der Waals surface area contributed by atoms with E-state index in [9.17, 15) is 33.6 Å². The van der Waals surface area contributed by atoms with E-state index < -0.39 is 47.3 Å². The molecule has 0 aliphatic carbocycles. The van der Waals surface area contributed by atoms with Gasteiger partial charge in [-0.05, 0) is 6.42 Å². The number of unbranched alkanes of at least 4 members (excludes halogenated alkanes) is 19. The zero-order valence-corrected chi connectivity index (χ0v) is 25.0. The zero-order valence-electron chi connectivity index (χ0n) is 24.1. The van der Waals surface area contributed by atoms with Crippen molar-refractivity contribution < 1.29 is 42.4 Å². The van der Waals surface area contributed by atoms with Gasteiger partial charge in [0.15, 0.2) is 6.10 Å². The third kappa shape index (κ3) is 23.6. The van der Waals surface area contributed by atoms with Crippen LogP contribution in [0.5, 0.6) is 0 Å². The molecule has 0 saturated carbocycles. The molecule has 0 aromatic heterocycles. The molecule has 0 aliphatic heterocycles. The quantitative estimate of drug-likeness (QED) is 0.0583. The second-order valence-electron chi connectivity index (χ2n) is 10.7. The highest BCUT2D eigenvalue weighted by Gasteiger charge is 2.34. The molecule has 0 aromatic rings. The van der Waals surface area contributed by atoms with Crippen molar-refractivity contribution in [1.29, 1.82) is 0 Å². The topological polar surface area (TPSA) is 174 Å². The summed E-state index contributed by atoms with van der Waals surface area (Å²) in [4.78, 5) is 11.9. The van der Waals surface area contributed by atoms with Crippen LogP contribution in [0.4, 0.5) is 0 Å². The Morgan fingerprint density at radius 1 is 0.641 bits per heavy atom. The minimum atomic E-state index is -4.85. The fourth-order valence-electron chi connectivity index (χ4n) is 4.52. The highest BCUT2D eigenvalue weighted by Crippen LogP contribution is 2.15. The van der Waals surface area contributed by atoms with Gasteiger partial charge in [0.25, 0.3) is 5.91 Å². The summed E-state index contributed by atoms with van der Waals surface area (Å²) in [7, 11) is -4.85. The van der Waals surface area contributed by atoms with Gasteiger partial charge in [-0.1, -0.05) is 129 Å². The maximum atomic E-state index is 11.9. The van der Waals surface area contributed by atoms with Crippen LogP contribution in [0, 0.1) is 0 Å². The Bertz CT molecular complexity index is 678. The molecule has 11 heteroatoms. The van der Waals surface area contributed by atoms with Gasteiger partial charge in [0.2, 0.25) is 0 Å². The van der Waals surface area contributed by atoms with Crippen molar-refractivity contribution in [2.75, 3.05) is 13.2 Å². The van der Waals surface area contributed by atoms with Crippen molar-refractivity contribution in [2.24, 2.45) is 0 Å². The maximum absolute atomic E-state index is 11.9. The molecule has 1 amide bonds. The molecule has 0 saturated heterocycles. The van der Waals surface area contributed by atoms with Crippen LogP contribution in [-0.4, -0.2) is 76.9 Å². The summed E-state index contributed by atoms with van der Waals surface area (Å²) in [6.07, 6.45) is 17.4. The Balaban J connectivity index is 3.55. The van der Waals surface area contributed by atoms with E-state index >= 15 is 0 Å². The van der Waals surface area contributed by atoms with Crippen LogP contribution in [0.1, 0.15) is 135 Å². The first-order chi connectivity index (χ1) is 18.6. The number of aliphatic hydroxyl groups excluding tert-OH is 4. The smallest absolute Gasteiger partial charge is 0.388 e. The van der Waals surface area contributed by atoms with Crippen molar-refractivity contribution in [1.82, 2.24) is 5.32 Å². The zero-order chi connectivity index (χ0) is 29.4. The van der Waals surface area contributed by atoms with Gasteiger partial charge in [0.05, 0.1) is 6.61 Å². The normalized spacial score (nSPS) is 15.1. The van der Waals surface area contributed by atoms with Gasteiger partial charge in [-0.25, -0.2) is 4.18 Å². The molecule has 0 unspecified atom stereocenters. The average Bonchev–Trinajstić information content (AvgIpc) is 2.90. The van der Waals surface area contributed by atoms with Crippen LogP contribution >= 0.6 is 0 Å². The van der Waals surface area contributed by atoms with Crippen LogP contribution in [0.15, 0.2) is 0 Å². The molecule has 234 valence electrons. The number of aliphatic hydroxyl groups is 4. The lowest BCUT2D eigenvalue weighted by atomic mass is 10.0. The Morgan fingerprint density at radius 2 is 1.00 bits per heavy atom. The lowest BCUT2D eigenvalue weighted by Gasteiger charge is -2.25. The molecule has 0 bridgehead atoms. The number of carbonyl (C=O) groups is 1. The molecule has 10 nitrogen and oxygen atoms in total. The summed E-state index contributed by atoms with van der Waals surface area (Å²) in [6, 6.07) is 0. The molecule has 4 atom stereocenters. The molecular formula is C28H57NO9S. The number of amides is 1. The van der Waals surface area contributed by atoms with E-state index in [4.69, 9.17) is 4.55 Å². The van der Waals surface area contributed by atoms with Crippen LogP contribution in [-0.2, 0) is 19.4 Å². The van der Waals surface area contributed by atoms with Gasteiger partial charge in [0.1, 0.15) is 18.3 Å². The molecule has 0 aromatic carbocycles. The van der Waals surface area contributed by atoms with Gasteiger partial charge in [-0.2, -0.15) is 8.42 Å². The largest absolute Gasteiger partial charge is 0.397 e. The summed E-state index contributed by atoms with van der Waals surface area (Å²) in [6.45, 7) is 1.51. The van der Waals surface area contributed by atoms with Gasteiger partial charge >= 0.3 is 10.4 Å². The summed E-state index contributed by atoms with van der Waals surface area (Å²) in [5.41, 5.74) is 0. The number of carbonyl (C=O) groups excluding carboxylic acids is 1. The minimum Gasteiger partial charge on any atom is -0.388 e. The van der Waals surface area contributed by atoms with Crippen LogP contribution in [0.25, 0.3) is 0 Å². The summed E-state index contributed by atoms with van der Waals surface area (Å²) in [5.74, 6) is -0.915. The molecule has 0 aliphatic rings. The first kappa shape index (κ1) is 38.2. The lowest BCUT2D eigenvalue weighted by Crippen LogP contribution is -2.52. The monoisotopic (exact) mass is 583 g/mol. The molecule has 0 radical (unpaired) electrons. The van der Waals surface area contributed by atoms with Crippen molar-refractivity contribution in [3.8, 4) is 0 Å². The number of hydrogen-bond acceptors (Lipinski definition) is 8. The fraction of sp³-hybridized carbons (Fsp3) is 0.964. The van der Waals surface area contributed by atoms with Crippen LogP contribution in [0.3, 0.4) is 0 Å². The van der Waals surface area contributed by atoms with E-state index in [1.54, 1.807) is 0 Å². The Morgan fingerprint density at radius 3 is 1.36 bits per heavy atom. The highest BCUT2D eigenvalue weighted by molar-refractivity contribution is 7.80. The third-order valence-electron chi connectivity index (χ3n) is 7.05. The molecule has 39 heavy (non-hydrogen) atoms. The first-order valence-corrected chi connectivity index (χ1v) is 16.6. The van der Waals surface area contributed by atoms with Crippen molar-refractivity contribution >= 4 is 16.3 Å². The number of rotatable bonds is 28. The van der Waals surface area contributed by atoms with Gasteiger partial charge in [-0.15, -0.1) is 0 Å². The lowest BCUT2D eigenvalue weighted by molar-refractivity contribution is -0.148. The molecule has 0 spiro atoms. The van der Waals surface area contributed by atoms with Crippen LogP contribution in [0.2, 0.25) is 0 Å². The second-order valence-corrected chi connectivity index (χ2v) is 11.8. The summed E-state index contributed by atoms with van der Waals surface area (Å²) < 4.78 is 33.4. The van der Waals surface area contributed by atoms with E-state index in [0.717, 1.165) is 19.3 Å². The maximum Gasteiger partial charge on any atom is 0.397 e. The van der Waals surface area contributed by atoms with E-state index in [-0.39, 0.29) is 0 Å².